The second-order valence-electron chi connectivity index (χ2n) is 5.65. The molecule has 0 aromatic carbocycles. The van der Waals surface area contributed by atoms with Gasteiger partial charge in [0, 0.05) is 18.6 Å². The van der Waals surface area contributed by atoms with Crippen LogP contribution in [0.3, 0.4) is 0 Å². The van der Waals surface area contributed by atoms with Crippen LogP contribution in [0, 0.1) is 5.92 Å². The molecule has 0 aromatic rings. The van der Waals surface area contributed by atoms with Crippen LogP contribution >= 0.6 is 0 Å². The van der Waals surface area contributed by atoms with Crippen molar-refractivity contribution in [2.24, 2.45) is 11.7 Å². The Morgan fingerprint density at radius 3 is 2.31 bits per heavy atom. The highest BCUT2D eigenvalue weighted by Gasteiger charge is 2.23. The number of nitrogens with two attached hydrogens (primary N) is 1. The van der Waals surface area contributed by atoms with Gasteiger partial charge in [0.15, 0.2) is 0 Å². The summed E-state index contributed by atoms with van der Waals surface area (Å²) in [6.45, 7) is 9.10. The van der Waals surface area contributed by atoms with E-state index in [-0.39, 0.29) is 0 Å². The van der Waals surface area contributed by atoms with E-state index >= 15 is 0 Å². The molecule has 0 amide bonds. The molecule has 96 valence electrons. The highest BCUT2D eigenvalue weighted by Crippen LogP contribution is 2.26. The van der Waals surface area contributed by atoms with E-state index in [0.29, 0.717) is 12.1 Å². The van der Waals surface area contributed by atoms with Crippen molar-refractivity contribution in [2.45, 2.75) is 71.4 Å². The number of rotatable bonds is 6. The predicted octanol–water partition coefficient (Wildman–Crippen LogP) is 3.01. The summed E-state index contributed by atoms with van der Waals surface area (Å²) in [6, 6.07) is 1.03. The molecule has 0 spiro atoms. The van der Waals surface area contributed by atoms with E-state index in [1.807, 2.05) is 0 Å². The second-order valence-corrected chi connectivity index (χ2v) is 5.65. The van der Waals surface area contributed by atoms with Gasteiger partial charge in [0.1, 0.15) is 0 Å². The molecule has 2 heteroatoms. The highest BCUT2D eigenvalue weighted by molar-refractivity contribution is 4.80. The van der Waals surface area contributed by atoms with Gasteiger partial charge in [-0.15, -0.1) is 0 Å². The van der Waals surface area contributed by atoms with Gasteiger partial charge in [-0.2, -0.15) is 0 Å². The van der Waals surface area contributed by atoms with Gasteiger partial charge in [-0.1, -0.05) is 26.2 Å². The average molecular weight is 226 g/mol. The Morgan fingerprint density at radius 1 is 1.19 bits per heavy atom. The van der Waals surface area contributed by atoms with E-state index < -0.39 is 0 Å². The van der Waals surface area contributed by atoms with E-state index in [0.717, 1.165) is 12.5 Å². The van der Waals surface area contributed by atoms with Gasteiger partial charge in [0.2, 0.25) is 0 Å². The average Bonchev–Trinajstić information content (AvgIpc) is 2.29. The summed E-state index contributed by atoms with van der Waals surface area (Å²) in [6.07, 6.45) is 8.17. The summed E-state index contributed by atoms with van der Waals surface area (Å²) in [7, 11) is 0. The van der Waals surface area contributed by atoms with E-state index in [9.17, 15) is 0 Å². The summed E-state index contributed by atoms with van der Waals surface area (Å²) in [5.41, 5.74) is 6.38. The SMILES string of the molecule is CCCN(CC(N)C1CCCCC1)C(C)C. The summed E-state index contributed by atoms with van der Waals surface area (Å²) in [5, 5.41) is 0. The van der Waals surface area contributed by atoms with Gasteiger partial charge in [-0.25, -0.2) is 0 Å². The maximum atomic E-state index is 6.38. The Morgan fingerprint density at radius 2 is 1.81 bits per heavy atom. The molecule has 1 rings (SSSR count). The third-order valence-corrected chi connectivity index (χ3v) is 3.94. The summed E-state index contributed by atoms with van der Waals surface area (Å²) < 4.78 is 0. The van der Waals surface area contributed by atoms with E-state index in [4.69, 9.17) is 5.73 Å². The smallest absolute Gasteiger partial charge is 0.0196 e. The fourth-order valence-electron chi connectivity index (χ4n) is 2.83. The van der Waals surface area contributed by atoms with Crippen molar-refractivity contribution in [3.8, 4) is 0 Å². The van der Waals surface area contributed by atoms with Gasteiger partial charge in [0.25, 0.3) is 0 Å². The minimum atomic E-state index is 0.397. The standard InChI is InChI=1S/C14H30N2/c1-4-10-16(12(2)3)11-14(15)13-8-6-5-7-9-13/h12-14H,4-11,15H2,1-3H3. The third-order valence-electron chi connectivity index (χ3n) is 3.94. The lowest BCUT2D eigenvalue weighted by molar-refractivity contribution is 0.174. The Kier molecular flexibility index (Phi) is 6.37. The fraction of sp³-hybridized carbons (Fsp3) is 1.00. The van der Waals surface area contributed by atoms with Crippen LogP contribution in [0.4, 0.5) is 0 Å². The predicted molar refractivity (Wildman–Crippen MR) is 71.6 cm³/mol. The highest BCUT2D eigenvalue weighted by atomic mass is 15.2. The molecule has 0 saturated heterocycles. The van der Waals surface area contributed by atoms with Crippen molar-refractivity contribution >= 4 is 0 Å². The molecule has 0 bridgehead atoms. The first kappa shape index (κ1) is 14.0. The van der Waals surface area contributed by atoms with Crippen LogP contribution in [-0.4, -0.2) is 30.1 Å². The maximum absolute atomic E-state index is 6.38. The number of hydrogen-bond donors (Lipinski definition) is 1. The molecular formula is C14H30N2. The Bertz CT molecular complexity index is 174. The van der Waals surface area contributed by atoms with E-state index in [1.165, 1.54) is 45.1 Å². The molecular weight excluding hydrogens is 196 g/mol. The first-order valence-electron chi connectivity index (χ1n) is 7.14. The van der Waals surface area contributed by atoms with Crippen molar-refractivity contribution in [2.75, 3.05) is 13.1 Å². The molecule has 2 nitrogen and oxygen atoms in total. The monoisotopic (exact) mass is 226 g/mol. The van der Waals surface area contributed by atoms with Crippen LogP contribution in [0.2, 0.25) is 0 Å². The van der Waals surface area contributed by atoms with Crippen LogP contribution in [0.15, 0.2) is 0 Å². The maximum Gasteiger partial charge on any atom is 0.0196 e. The second kappa shape index (κ2) is 7.29. The molecule has 0 heterocycles. The minimum Gasteiger partial charge on any atom is -0.326 e. The normalized spacial score (nSPS) is 20.6. The van der Waals surface area contributed by atoms with E-state index in [2.05, 4.69) is 25.7 Å². The minimum absolute atomic E-state index is 0.397. The lowest BCUT2D eigenvalue weighted by atomic mass is 9.84. The van der Waals surface area contributed by atoms with Crippen molar-refractivity contribution in [1.82, 2.24) is 4.90 Å². The summed E-state index contributed by atoms with van der Waals surface area (Å²) >= 11 is 0. The van der Waals surface area contributed by atoms with Crippen LogP contribution < -0.4 is 5.73 Å². The van der Waals surface area contributed by atoms with Crippen LogP contribution in [0.1, 0.15) is 59.3 Å². The van der Waals surface area contributed by atoms with Crippen LogP contribution in [-0.2, 0) is 0 Å². The van der Waals surface area contributed by atoms with Crippen LogP contribution in [0.25, 0.3) is 0 Å². The Labute approximate surface area is 102 Å². The molecule has 1 aliphatic carbocycles. The summed E-state index contributed by atoms with van der Waals surface area (Å²) in [4.78, 5) is 2.54. The molecule has 0 radical (unpaired) electrons. The molecule has 1 saturated carbocycles. The van der Waals surface area contributed by atoms with Crippen molar-refractivity contribution in [3.05, 3.63) is 0 Å². The molecule has 1 aliphatic rings. The first-order valence-corrected chi connectivity index (χ1v) is 7.14. The van der Waals surface area contributed by atoms with Gasteiger partial charge < -0.3 is 5.73 Å². The fourth-order valence-corrected chi connectivity index (χ4v) is 2.83. The molecule has 1 fully saturated rings. The molecule has 0 aromatic heterocycles. The van der Waals surface area contributed by atoms with E-state index in [1.54, 1.807) is 0 Å². The van der Waals surface area contributed by atoms with Gasteiger partial charge in [-0.05, 0) is 45.6 Å². The Balaban J connectivity index is 2.36. The largest absolute Gasteiger partial charge is 0.326 e. The lowest BCUT2D eigenvalue weighted by Gasteiger charge is -2.34. The first-order chi connectivity index (χ1) is 7.65. The Hall–Kier alpha value is -0.0800. The topological polar surface area (TPSA) is 29.3 Å². The molecule has 16 heavy (non-hydrogen) atoms. The molecule has 1 unspecified atom stereocenters. The zero-order valence-corrected chi connectivity index (χ0v) is 11.4. The van der Waals surface area contributed by atoms with Crippen molar-refractivity contribution in [3.63, 3.8) is 0 Å². The third kappa shape index (κ3) is 4.42. The zero-order valence-electron chi connectivity index (χ0n) is 11.4. The number of hydrogen-bond acceptors (Lipinski definition) is 2. The van der Waals surface area contributed by atoms with Gasteiger partial charge in [-0.3, -0.25) is 4.90 Å². The lowest BCUT2D eigenvalue weighted by Crippen LogP contribution is -2.45. The molecule has 1 atom stereocenters. The van der Waals surface area contributed by atoms with Crippen molar-refractivity contribution < 1.29 is 0 Å². The molecule has 2 N–H and O–H groups in total. The zero-order chi connectivity index (χ0) is 12.0. The van der Waals surface area contributed by atoms with Gasteiger partial charge >= 0.3 is 0 Å². The van der Waals surface area contributed by atoms with Crippen LogP contribution in [0.5, 0.6) is 0 Å². The van der Waals surface area contributed by atoms with Crippen molar-refractivity contribution in [1.29, 1.82) is 0 Å². The number of nitrogens with zero attached hydrogens (tertiary/aromatic N) is 1. The summed E-state index contributed by atoms with van der Waals surface area (Å²) in [5.74, 6) is 0.784. The van der Waals surface area contributed by atoms with Gasteiger partial charge in [0.05, 0.1) is 0 Å². The molecule has 0 aliphatic heterocycles. The quantitative estimate of drug-likeness (QED) is 0.754.